The minimum Gasteiger partial charge on any atom is -0.439 e. The summed E-state index contributed by atoms with van der Waals surface area (Å²) in [4.78, 5) is 3.60. The van der Waals surface area contributed by atoms with Crippen LogP contribution in [0.15, 0.2) is 35.7 Å². The second kappa shape index (κ2) is 3.90. The highest BCUT2D eigenvalue weighted by atomic mass is 16.5. The second-order valence-electron chi connectivity index (χ2n) is 2.87. The molecule has 0 N–H and O–H groups in total. The third kappa shape index (κ3) is 2.18. The number of benzene rings is 1. The molecule has 68 valence electrons. The summed E-state index contributed by atoms with van der Waals surface area (Å²) in [6.07, 6.45) is 0. The van der Waals surface area contributed by atoms with Crippen molar-refractivity contribution in [1.29, 1.82) is 0 Å². The lowest BCUT2D eigenvalue weighted by Crippen LogP contribution is -1.94. The molecular weight excluding hydrogens is 162 g/mol. The molecule has 0 aliphatic carbocycles. The van der Waals surface area contributed by atoms with Crippen molar-refractivity contribution < 1.29 is 4.74 Å². The van der Waals surface area contributed by atoms with Crippen LogP contribution in [0.25, 0.3) is 0 Å². The first kappa shape index (κ1) is 9.52. The Morgan fingerprint density at radius 3 is 2.31 bits per heavy atom. The second-order valence-corrected chi connectivity index (χ2v) is 2.87. The summed E-state index contributed by atoms with van der Waals surface area (Å²) < 4.78 is 5.40. The van der Waals surface area contributed by atoms with Crippen LogP contribution in [0.5, 0.6) is 5.75 Å². The molecule has 0 radical (unpaired) electrons. The highest BCUT2D eigenvalue weighted by Crippen LogP contribution is 2.23. The first-order valence-electron chi connectivity index (χ1n) is 4.05. The fourth-order valence-corrected chi connectivity index (χ4v) is 1.11. The van der Waals surface area contributed by atoms with Crippen molar-refractivity contribution >= 4 is 6.72 Å². The predicted octanol–water partition coefficient (Wildman–Crippen LogP) is 2.85. The number of aliphatic imine (C=N–C) groups is 1. The minimum absolute atomic E-state index is 0.331. The summed E-state index contributed by atoms with van der Waals surface area (Å²) >= 11 is 0. The van der Waals surface area contributed by atoms with Crippen LogP contribution in [0.1, 0.15) is 11.1 Å². The lowest BCUT2D eigenvalue weighted by atomic mass is 10.1. The van der Waals surface area contributed by atoms with Crippen molar-refractivity contribution in [3.05, 3.63) is 41.8 Å². The zero-order valence-corrected chi connectivity index (χ0v) is 8.00. The fraction of sp³-hybridized carbons (Fsp3) is 0.182. The number of rotatable bonds is 3. The lowest BCUT2D eigenvalue weighted by molar-refractivity contribution is 0.418. The predicted molar refractivity (Wildman–Crippen MR) is 55.2 cm³/mol. The zero-order valence-electron chi connectivity index (χ0n) is 8.00. The summed E-state index contributed by atoms with van der Waals surface area (Å²) in [5, 5.41) is 0. The van der Waals surface area contributed by atoms with Crippen molar-refractivity contribution in [2.75, 3.05) is 0 Å². The molecule has 0 amide bonds. The molecule has 0 aliphatic rings. The van der Waals surface area contributed by atoms with Crippen LogP contribution >= 0.6 is 0 Å². The van der Waals surface area contributed by atoms with Gasteiger partial charge in [-0.05, 0) is 38.3 Å². The van der Waals surface area contributed by atoms with E-state index in [1.165, 1.54) is 0 Å². The van der Waals surface area contributed by atoms with Crippen LogP contribution in [0.2, 0.25) is 0 Å². The van der Waals surface area contributed by atoms with E-state index in [1.54, 1.807) is 0 Å². The minimum atomic E-state index is 0.331. The Bertz CT molecular complexity index is 322. The summed E-state index contributed by atoms with van der Waals surface area (Å²) in [6, 6.07) is 5.96. The van der Waals surface area contributed by atoms with Gasteiger partial charge in [0.1, 0.15) is 5.75 Å². The van der Waals surface area contributed by atoms with Crippen molar-refractivity contribution in [1.82, 2.24) is 0 Å². The van der Waals surface area contributed by atoms with E-state index in [-0.39, 0.29) is 0 Å². The lowest BCUT2D eigenvalue weighted by Gasteiger charge is -2.09. The van der Waals surface area contributed by atoms with Gasteiger partial charge < -0.3 is 4.74 Å². The molecule has 0 aromatic heterocycles. The smallest absolute Gasteiger partial charge is 0.211 e. The van der Waals surface area contributed by atoms with Crippen LogP contribution in [0.3, 0.4) is 0 Å². The van der Waals surface area contributed by atoms with Gasteiger partial charge in [-0.2, -0.15) is 0 Å². The molecule has 0 heterocycles. The average Bonchev–Trinajstić information content (AvgIpc) is 2.11. The maximum absolute atomic E-state index is 5.40. The van der Waals surface area contributed by atoms with Gasteiger partial charge in [0.05, 0.1) is 0 Å². The van der Waals surface area contributed by atoms with Gasteiger partial charge in [-0.15, -0.1) is 0 Å². The number of para-hydroxylation sites is 1. The molecule has 0 saturated heterocycles. The number of nitrogens with zero attached hydrogens (tertiary/aromatic N) is 1. The Balaban J connectivity index is 2.99. The van der Waals surface area contributed by atoms with Crippen molar-refractivity contribution in [2.24, 2.45) is 4.99 Å². The Morgan fingerprint density at radius 1 is 1.31 bits per heavy atom. The molecule has 13 heavy (non-hydrogen) atoms. The van der Waals surface area contributed by atoms with Crippen LogP contribution in [0, 0.1) is 13.8 Å². The number of ether oxygens (including phenoxy) is 1. The van der Waals surface area contributed by atoms with Crippen LogP contribution in [0.4, 0.5) is 0 Å². The van der Waals surface area contributed by atoms with Gasteiger partial charge in [0.2, 0.25) is 5.88 Å². The third-order valence-corrected chi connectivity index (χ3v) is 1.80. The Labute approximate surface area is 78.6 Å². The van der Waals surface area contributed by atoms with E-state index >= 15 is 0 Å². The van der Waals surface area contributed by atoms with Gasteiger partial charge in [0.25, 0.3) is 0 Å². The average molecular weight is 175 g/mol. The first-order valence-corrected chi connectivity index (χ1v) is 4.05. The third-order valence-electron chi connectivity index (χ3n) is 1.80. The number of hydrogen-bond acceptors (Lipinski definition) is 2. The quantitative estimate of drug-likeness (QED) is 0.511. The molecule has 1 aromatic carbocycles. The molecule has 1 rings (SSSR count). The normalized spacial score (nSPS) is 9.38. The molecule has 0 fully saturated rings. The monoisotopic (exact) mass is 175 g/mol. The topological polar surface area (TPSA) is 21.6 Å². The summed E-state index contributed by atoms with van der Waals surface area (Å²) in [6.45, 7) is 10.9. The summed E-state index contributed by atoms with van der Waals surface area (Å²) in [5.74, 6) is 1.15. The molecule has 0 saturated carbocycles. The van der Waals surface area contributed by atoms with Crippen molar-refractivity contribution in [2.45, 2.75) is 13.8 Å². The maximum atomic E-state index is 5.40. The Hall–Kier alpha value is -1.57. The zero-order chi connectivity index (χ0) is 9.84. The van der Waals surface area contributed by atoms with E-state index in [1.807, 2.05) is 32.0 Å². The molecule has 0 bridgehead atoms. The molecule has 0 spiro atoms. The molecular formula is C11H13NO. The molecule has 0 aliphatic heterocycles. The van der Waals surface area contributed by atoms with E-state index < -0.39 is 0 Å². The fourth-order valence-electron chi connectivity index (χ4n) is 1.11. The van der Waals surface area contributed by atoms with E-state index in [0.717, 1.165) is 16.9 Å². The standard InChI is InChI=1S/C11H13NO/c1-8-6-5-7-9(2)11(8)13-10(3)12-4/h5-7H,3-4H2,1-2H3. The highest BCUT2D eigenvalue weighted by molar-refractivity contribution is 5.41. The first-order chi connectivity index (χ1) is 6.15. The van der Waals surface area contributed by atoms with E-state index in [4.69, 9.17) is 4.74 Å². The van der Waals surface area contributed by atoms with Gasteiger partial charge in [0.15, 0.2) is 0 Å². The summed E-state index contributed by atoms with van der Waals surface area (Å²) in [7, 11) is 0. The molecule has 2 nitrogen and oxygen atoms in total. The Kier molecular flexibility index (Phi) is 2.85. The van der Waals surface area contributed by atoms with Gasteiger partial charge >= 0.3 is 0 Å². The van der Waals surface area contributed by atoms with Gasteiger partial charge in [0, 0.05) is 0 Å². The SMILES string of the molecule is C=NC(=C)Oc1c(C)cccc1C. The largest absolute Gasteiger partial charge is 0.439 e. The van der Waals surface area contributed by atoms with Gasteiger partial charge in [-0.25, -0.2) is 4.99 Å². The van der Waals surface area contributed by atoms with Crippen LogP contribution in [-0.2, 0) is 0 Å². The molecule has 1 aromatic rings. The maximum Gasteiger partial charge on any atom is 0.211 e. The number of aryl methyl sites for hydroxylation is 2. The van der Waals surface area contributed by atoms with Gasteiger partial charge in [-0.1, -0.05) is 18.2 Å². The molecule has 2 heteroatoms. The highest BCUT2D eigenvalue weighted by Gasteiger charge is 2.03. The molecule has 0 atom stereocenters. The van der Waals surface area contributed by atoms with Gasteiger partial charge in [-0.3, -0.25) is 0 Å². The van der Waals surface area contributed by atoms with E-state index in [9.17, 15) is 0 Å². The van der Waals surface area contributed by atoms with E-state index in [0.29, 0.717) is 5.88 Å². The van der Waals surface area contributed by atoms with Crippen LogP contribution < -0.4 is 4.74 Å². The number of hydrogen-bond donors (Lipinski definition) is 0. The van der Waals surface area contributed by atoms with Crippen molar-refractivity contribution in [3.8, 4) is 5.75 Å². The van der Waals surface area contributed by atoms with Crippen LogP contribution in [-0.4, -0.2) is 6.72 Å². The van der Waals surface area contributed by atoms with Crippen molar-refractivity contribution in [3.63, 3.8) is 0 Å². The van der Waals surface area contributed by atoms with E-state index in [2.05, 4.69) is 18.3 Å². The Morgan fingerprint density at radius 2 is 1.85 bits per heavy atom. The molecule has 0 unspecified atom stereocenters. The summed E-state index contributed by atoms with van der Waals surface area (Å²) in [5.41, 5.74) is 2.15.